The molecule has 0 unspecified atom stereocenters. The van der Waals surface area contributed by atoms with Crippen molar-refractivity contribution in [3.63, 3.8) is 0 Å². The molecule has 9 heavy (non-hydrogen) atoms. The first-order valence-corrected chi connectivity index (χ1v) is 7.12. The topological polar surface area (TPSA) is 0 Å². The third-order valence-corrected chi connectivity index (χ3v) is 3.44. The maximum atomic E-state index is 5.12. The molecule has 0 N–H and O–H groups in total. The van der Waals surface area contributed by atoms with Crippen molar-refractivity contribution in [2.75, 3.05) is 0 Å². The van der Waals surface area contributed by atoms with Crippen LogP contribution < -0.4 is 0 Å². The molecular weight excluding hydrogens is 302 g/mol. The van der Waals surface area contributed by atoms with Crippen LogP contribution in [0.25, 0.3) is 0 Å². The Labute approximate surface area is 67.3 Å². The Balaban J connectivity index is 3.60. The summed E-state index contributed by atoms with van der Waals surface area (Å²) in [5, 5.41) is 1.13. The molecule has 0 saturated carbocycles. The molecule has 0 aliphatic heterocycles. The zero-order valence-electron chi connectivity index (χ0n) is 5.00. The molecule has 0 atom stereocenters. The van der Waals surface area contributed by atoms with Gasteiger partial charge < -0.3 is 0 Å². The van der Waals surface area contributed by atoms with Crippen LogP contribution in [0, 0.1) is 12.7 Å². The predicted molar refractivity (Wildman–Crippen MR) is 36.2 cm³/mol. The molecule has 0 aliphatic carbocycles. The van der Waals surface area contributed by atoms with Gasteiger partial charge in [0.1, 0.15) is 0 Å². The molecule has 49 valence electrons. The fourth-order valence-corrected chi connectivity index (χ4v) is 0.979. The first-order chi connectivity index (χ1) is 4.31. The first-order valence-electron chi connectivity index (χ1n) is 2.45. The average molecular weight is 309 g/mol. The fraction of sp³-hybridized carbons (Fsp3) is 0.143. The Morgan fingerprint density at radius 1 is 1.89 bits per heavy atom. The van der Waals surface area contributed by atoms with Crippen molar-refractivity contribution in [2.45, 2.75) is 6.42 Å². The van der Waals surface area contributed by atoms with E-state index in [1.165, 1.54) is 0 Å². The van der Waals surface area contributed by atoms with Gasteiger partial charge in [-0.15, -0.1) is 0 Å². The summed E-state index contributed by atoms with van der Waals surface area (Å²) < 4.78 is 0. The molecule has 0 aromatic heterocycles. The van der Waals surface area contributed by atoms with Gasteiger partial charge in [0.2, 0.25) is 0 Å². The van der Waals surface area contributed by atoms with E-state index in [2.05, 4.69) is 12.7 Å². The van der Waals surface area contributed by atoms with Gasteiger partial charge in [0.05, 0.1) is 0 Å². The Hall–Kier alpha value is 0.0732. The third kappa shape index (κ3) is 5.95. The molecule has 0 nitrogen and oxygen atoms in total. The second-order valence-corrected chi connectivity index (χ2v) is 4.13. The van der Waals surface area contributed by atoms with Gasteiger partial charge >= 0.3 is 67.2 Å². The molecule has 0 amide bonds. The van der Waals surface area contributed by atoms with Crippen LogP contribution in [0.4, 0.5) is 0 Å². The molecule has 0 bridgehead atoms. The van der Waals surface area contributed by atoms with E-state index in [0.29, 0.717) is 6.42 Å². The number of allylic oxidation sites excluding steroid dienone is 4. The molecule has 0 aromatic rings. The predicted octanol–water partition coefficient (Wildman–Crippen LogP) is 1.40. The van der Waals surface area contributed by atoms with Crippen LogP contribution in [0.3, 0.4) is 0 Å². The van der Waals surface area contributed by atoms with E-state index in [0.717, 1.165) is 12.2 Å². The summed E-state index contributed by atoms with van der Waals surface area (Å²) in [5.41, 5.74) is 0. The van der Waals surface area contributed by atoms with Crippen LogP contribution in [0.2, 0.25) is 0 Å². The van der Waals surface area contributed by atoms with Crippen molar-refractivity contribution in [1.82, 2.24) is 0 Å². The molecule has 0 spiro atoms. The summed E-state index contributed by atoms with van der Waals surface area (Å²) in [6.07, 6.45) is 7.18. The van der Waals surface area contributed by atoms with E-state index in [1.54, 1.807) is 6.08 Å². The van der Waals surface area contributed by atoms with Crippen LogP contribution in [0.5, 0.6) is 0 Å². The van der Waals surface area contributed by atoms with Crippen LogP contribution in [-0.2, 0) is 17.2 Å². The van der Waals surface area contributed by atoms with Crippen molar-refractivity contribution in [3.05, 3.63) is 36.6 Å². The Morgan fingerprint density at radius 3 is 3.00 bits per heavy atom. The molecule has 0 radical (unpaired) electrons. The average Bonchev–Trinajstić information content (AvgIpc) is 1.89. The first kappa shape index (κ1) is 9.07. The summed E-state index contributed by atoms with van der Waals surface area (Å²) in [5.74, 6) is 0. The van der Waals surface area contributed by atoms with Crippen molar-refractivity contribution < 1.29 is 17.2 Å². The Kier molecular flexibility index (Phi) is 6.25. The van der Waals surface area contributed by atoms with Crippen molar-refractivity contribution in [1.29, 1.82) is 0 Å². The van der Waals surface area contributed by atoms with Gasteiger partial charge in [-0.1, -0.05) is 0 Å². The molecule has 0 saturated heterocycles. The van der Waals surface area contributed by atoms with Gasteiger partial charge in [-0.2, -0.15) is 0 Å². The van der Waals surface area contributed by atoms with Gasteiger partial charge in [-0.25, -0.2) is 0 Å². The summed E-state index contributed by atoms with van der Waals surface area (Å²) in [7, 11) is 0. The maximum absolute atomic E-state index is 5.12. The van der Waals surface area contributed by atoms with Crippen molar-refractivity contribution in [3.8, 4) is 0 Å². The second-order valence-electron chi connectivity index (χ2n) is 1.40. The van der Waals surface area contributed by atoms with Crippen LogP contribution in [0.1, 0.15) is 6.42 Å². The molecule has 0 heterocycles. The Morgan fingerprint density at radius 2 is 2.56 bits per heavy atom. The van der Waals surface area contributed by atoms with Crippen molar-refractivity contribution >= 4 is 7.00 Å². The third-order valence-electron chi connectivity index (χ3n) is 0.626. The van der Waals surface area contributed by atoms with Crippen LogP contribution in [0.15, 0.2) is 23.9 Å². The molecule has 2 heteroatoms. The Bertz CT molecular complexity index is 174. The monoisotopic (exact) mass is 311 g/mol. The van der Waals surface area contributed by atoms with Gasteiger partial charge in [-0.05, 0) is 0 Å². The van der Waals surface area contributed by atoms with E-state index in [9.17, 15) is 0 Å². The summed E-state index contributed by atoms with van der Waals surface area (Å²) in [6.45, 7) is 9.72. The minimum atomic E-state index is 0.715. The second kappa shape index (κ2) is 6.20. The normalized spacial score (nSPS) is 8.89. The summed E-state index contributed by atoms with van der Waals surface area (Å²) in [4.78, 5) is 0. The van der Waals surface area contributed by atoms with Crippen molar-refractivity contribution in [2.24, 2.45) is 0 Å². The van der Waals surface area contributed by atoms with Gasteiger partial charge in [0, 0.05) is 0 Å². The summed E-state index contributed by atoms with van der Waals surface area (Å²) in [6, 6.07) is 0. The number of hydrogen-bond donors (Lipinski definition) is 0. The van der Waals surface area contributed by atoms with E-state index in [-0.39, 0.29) is 0 Å². The SMILES string of the molecule is [CH-]=CC[C-]=CC(=C)[Si]#[Os]. The van der Waals surface area contributed by atoms with Gasteiger partial charge in [0.25, 0.3) is 0 Å². The number of rotatable bonds is 3. The van der Waals surface area contributed by atoms with Gasteiger partial charge in [0.15, 0.2) is 0 Å². The summed E-state index contributed by atoms with van der Waals surface area (Å²) >= 11 is 1.91. The van der Waals surface area contributed by atoms with Gasteiger partial charge in [-0.3, -0.25) is 0 Å². The van der Waals surface area contributed by atoms with E-state index < -0.39 is 0 Å². The minimum absolute atomic E-state index is 0.715. The molecule has 0 fully saturated rings. The molecule has 0 aromatic carbocycles. The zero-order chi connectivity index (χ0) is 7.11. The van der Waals surface area contributed by atoms with Crippen LogP contribution in [-0.4, -0.2) is 7.00 Å². The van der Waals surface area contributed by atoms with E-state index >= 15 is 0 Å². The van der Waals surface area contributed by atoms with E-state index in [1.807, 2.05) is 23.2 Å². The number of hydrogen-bond acceptors (Lipinski definition) is 0. The zero-order valence-corrected chi connectivity index (χ0v) is 8.54. The van der Waals surface area contributed by atoms with E-state index in [4.69, 9.17) is 6.58 Å². The quantitative estimate of drug-likeness (QED) is 0.420. The molecular formula is C7H7OsSi-2. The molecule has 0 rings (SSSR count). The van der Waals surface area contributed by atoms with Crippen LogP contribution >= 0.6 is 0 Å². The molecule has 0 aliphatic rings. The standard InChI is InChI=1S/C7H7Si.Os/c1-3-4-5-6-7(2)8;/h1,3,6H,2,4H2;/q-2;. The fourth-order valence-electron chi connectivity index (χ4n) is 0.276.